The van der Waals surface area contributed by atoms with Crippen LogP contribution in [0, 0.1) is 6.92 Å². The van der Waals surface area contributed by atoms with Crippen LogP contribution in [0.25, 0.3) is 0 Å². The number of carboxylic acids is 1. The minimum absolute atomic E-state index is 0.0149. The van der Waals surface area contributed by atoms with Crippen LogP contribution in [0.1, 0.15) is 29.5 Å². The second-order valence-corrected chi connectivity index (χ2v) is 5.59. The molecule has 2 N–H and O–H groups in total. The van der Waals surface area contributed by atoms with E-state index >= 15 is 0 Å². The SMILES string of the molecule is Cc1ccc(COc2cccc(CNC(=O)CCC(=O)O)c2)cc1. The van der Waals surface area contributed by atoms with Crippen molar-refractivity contribution in [2.45, 2.75) is 32.9 Å². The zero-order chi connectivity index (χ0) is 17.4. The molecule has 0 heterocycles. The normalized spacial score (nSPS) is 10.2. The smallest absolute Gasteiger partial charge is 0.303 e. The molecule has 0 bridgehead atoms. The zero-order valence-corrected chi connectivity index (χ0v) is 13.6. The van der Waals surface area contributed by atoms with Gasteiger partial charge in [-0.25, -0.2) is 0 Å². The van der Waals surface area contributed by atoms with Gasteiger partial charge in [-0.1, -0.05) is 42.0 Å². The Balaban J connectivity index is 1.83. The van der Waals surface area contributed by atoms with Crippen LogP contribution in [0.3, 0.4) is 0 Å². The van der Waals surface area contributed by atoms with Gasteiger partial charge in [0.1, 0.15) is 12.4 Å². The van der Waals surface area contributed by atoms with Gasteiger partial charge >= 0.3 is 5.97 Å². The number of aliphatic carboxylic acids is 1. The van der Waals surface area contributed by atoms with Gasteiger partial charge in [0.05, 0.1) is 6.42 Å². The summed E-state index contributed by atoms with van der Waals surface area (Å²) in [6.45, 7) is 2.87. The maximum Gasteiger partial charge on any atom is 0.303 e. The third-order valence-electron chi connectivity index (χ3n) is 3.48. The maximum absolute atomic E-state index is 11.5. The second kappa shape index (κ2) is 8.72. The summed E-state index contributed by atoms with van der Waals surface area (Å²) in [6, 6.07) is 15.6. The topological polar surface area (TPSA) is 75.6 Å². The molecule has 24 heavy (non-hydrogen) atoms. The maximum atomic E-state index is 11.5. The van der Waals surface area contributed by atoms with Gasteiger partial charge in [-0.3, -0.25) is 9.59 Å². The van der Waals surface area contributed by atoms with Crippen LogP contribution >= 0.6 is 0 Å². The number of hydrogen-bond acceptors (Lipinski definition) is 3. The number of aryl methyl sites for hydroxylation is 1. The van der Waals surface area contributed by atoms with Crippen LogP contribution in [0.4, 0.5) is 0 Å². The van der Waals surface area contributed by atoms with Crippen LogP contribution in [-0.4, -0.2) is 17.0 Å². The van der Waals surface area contributed by atoms with Crippen LogP contribution in [-0.2, 0) is 22.7 Å². The summed E-state index contributed by atoms with van der Waals surface area (Å²) in [6.07, 6.45) is -0.176. The molecule has 0 radical (unpaired) electrons. The number of hydrogen-bond donors (Lipinski definition) is 2. The first-order valence-electron chi connectivity index (χ1n) is 7.79. The fraction of sp³-hybridized carbons (Fsp3) is 0.263. The quantitative estimate of drug-likeness (QED) is 0.781. The van der Waals surface area contributed by atoms with Crippen molar-refractivity contribution < 1.29 is 19.4 Å². The van der Waals surface area contributed by atoms with Gasteiger partial charge in [0, 0.05) is 13.0 Å². The summed E-state index contributed by atoms with van der Waals surface area (Å²) in [5.74, 6) is -0.520. The van der Waals surface area contributed by atoms with Crippen molar-refractivity contribution in [3.8, 4) is 5.75 Å². The van der Waals surface area contributed by atoms with Crippen molar-refractivity contribution >= 4 is 11.9 Å². The molecule has 0 atom stereocenters. The van der Waals surface area contributed by atoms with Crippen molar-refractivity contribution in [1.82, 2.24) is 5.32 Å². The minimum Gasteiger partial charge on any atom is -0.489 e. The van der Waals surface area contributed by atoms with Gasteiger partial charge in [0.25, 0.3) is 0 Å². The molecule has 2 rings (SSSR count). The van der Waals surface area contributed by atoms with Crippen molar-refractivity contribution in [2.75, 3.05) is 0 Å². The Labute approximate surface area is 141 Å². The lowest BCUT2D eigenvalue weighted by Crippen LogP contribution is -2.23. The zero-order valence-electron chi connectivity index (χ0n) is 13.6. The monoisotopic (exact) mass is 327 g/mol. The molecule has 0 fully saturated rings. The summed E-state index contributed by atoms with van der Waals surface area (Å²) in [5.41, 5.74) is 3.20. The van der Waals surface area contributed by atoms with E-state index in [1.807, 2.05) is 55.5 Å². The predicted molar refractivity (Wildman–Crippen MR) is 90.7 cm³/mol. The summed E-state index contributed by atoms with van der Waals surface area (Å²) in [5, 5.41) is 11.3. The van der Waals surface area contributed by atoms with Crippen molar-refractivity contribution in [2.24, 2.45) is 0 Å². The molecule has 0 saturated heterocycles. The average molecular weight is 327 g/mol. The molecule has 0 aliphatic carbocycles. The minimum atomic E-state index is -0.975. The van der Waals surface area contributed by atoms with E-state index in [9.17, 15) is 9.59 Å². The molecule has 1 amide bonds. The van der Waals surface area contributed by atoms with Crippen molar-refractivity contribution in [3.05, 3.63) is 65.2 Å². The number of rotatable bonds is 8. The highest BCUT2D eigenvalue weighted by Crippen LogP contribution is 2.15. The average Bonchev–Trinajstić information content (AvgIpc) is 2.58. The predicted octanol–water partition coefficient (Wildman–Crippen LogP) is 3.06. The summed E-state index contributed by atoms with van der Waals surface area (Å²) >= 11 is 0. The van der Waals surface area contributed by atoms with E-state index in [1.54, 1.807) is 0 Å². The van der Waals surface area contributed by atoms with Crippen molar-refractivity contribution in [1.29, 1.82) is 0 Å². The van der Waals surface area contributed by atoms with Gasteiger partial charge in [0.15, 0.2) is 0 Å². The summed E-state index contributed by atoms with van der Waals surface area (Å²) in [7, 11) is 0. The third-order valence-corrected chi connectivity index (χ3v) is 3.48. The molecule has 0 aromatic heterocycles. The molecule has 5 nitrogen and oxygen atoms in total. The molecule has 0 aliphatic rings. The van der Waals surface area contributed by atoms with Crippen LogP contribution in [0.5, 0.6) is 5.75 Å². The molecule has 5 heteroatoms. The van der Waals surface area contributed by atoms with E-state index in [0.717, 1.165) is 16.9 Å². The highest BCUT2D eigenvalue weighted by Gasteiger charge is 2.05. The third kappa shape index (κ3) is 6.12. The summed E-state index contributed by atoms with van der Waals surface area (Å²) in [4.78, 5) is 22.0. The van der Waals surface area contributed by atoms with E-state index < -0.39 is 5.97 Å². The molecule has 0 unspecified atom stereocenters. The van der Waals surface area contributed by atoms with Crippen LogP contribution < -0.4 is 10.1 Å². The Kier molecular flexibility index (Phi) is 6.37. The number of amides is 1. The Morgan fingerprint density at radius 2 is 1.79 bits per heavy atom. The lowest BCUT2D eigenvalue weighted by Gasteiger charge is -2.09. The van der Waals surface area contributed by atoms with Gasteiger partial charge in [-0.2, -0.15) is 0 Å². The van der Waals surface area contributed by atoms with Gasteiger partial charge in [0.2, 0.25) is 5.91 Å². The van der Waals surface area contributed by atoms with E-state index in [-0.39, 0.29) is 18.7 Å². The van der Waals surface area contributed by atoms with Crippen LogP contribution in [0.15, 0.2) is 48.5 Å². The van der Waals surface area contributed by atoms with E-state index in [2.05, 4.69) is 5.32 Å². The van der Waals surface area contributed by atoms with Gasteiger partial charge in [-0.05, 0) is 30.2 Å². The van der Waals surface area contributed by atoms with Crippen LogP contribution in [0.2, 0.25) is 0 Å². The van der Waals surface area contributed by atoms with E-state index in [1.165, 1.54) is 5.56 Å². The fourth-order valence-electron chi connectivity index (χ4n) is 2.11. The van der Waals surface area contributed by atoms with E-state index in [0.29, 0.717) is 13.2 Å². The second-order valence-electron chi connectivity index (χ2n) is 5.59. The lowest BCUT2D eigenvalue weighted by atomic mass is 10.1. The fourth-order valence-corrected chi connectivity index (χ4v) is 2.11. The van der Waals surface area contributed by atoms with E-state index in [4.69, 9.17) is 9.84 Å². The molecule has 126 valence electrons. The Morgan fingerprint density at radius 3 is 2.50 bits per heavy atom. The van der Waals surface area contributed by atoms with Gasteiger partial charge in [-0.15, -0.1) is 0 Å². The lowest BCUT2D eigenvalue weighted by molar-refractivity contribution is -0.138. The number of carboxylic acid groups (broad SMARTS) is 1. The van der Waals surface area contributed by atoms with Gasteiger partial charge < -0.3 is 15.2 Å². The Morgan fingerprint density at radius 1 is 1.04 bits per heavy atom. The standard InChI is InChI=1S/C19H21NO4/c1-14-5-7-15(8-6-14)13-24-17-4-2-3-16(11-17)12-20-18(21)9-10-19(22)23/h2-8,11H,9-10,12-13H2,1H3,(H,20,21)(H,22,23). The highest BCUT2D eigenvalue weighted by atomic mass is 16.5. The number of carbonyl (C=O) groups excluding carboxylic acids is 1. The molecule has 0 aliphatic heterocycles. The number of nitrogens with one attached hydrogen (secondary N) is 1. The largest absolute Gasteiger partial charge is 0.489 e. The molecule has 0 spiro atoms. The molecular weight excluding hydrogens is 306 g/mol. The Hall–Kier alpha value is -2.82. The highest BCUT2D eigenvalue weighted by molar-refractivity contribution is 5.80. The molecule has 2 aromatic rings. The first-order chi connectivity index (χ1) is 11.5. The number of benzene rings is 2. The van der Waals surface area contributed by atoms with Crippen molar-refractivity contribution in [3.63, 3.8) is 0 Å². The molecule has 0 saturated carbocycles. The molecular formula is C19H21NO4. The first-order valence-corrected chi connectivity index (χ1v) is 7.79. The summed E-state index contributed by atoms with van der Waals surface area (Å²) < 4.78 is 5.77. The number of ether oxygens (including phenoxy) is 1. The number of carbonyl (C=O) groups is 2. The Bertz CT molecular complexity index is 695. The molecule has 2 aromatic carbocycles. The first kappa shape index (κ1) is 17.5.